The molecule has 4 heteroatoms. The van der Waals surface area contributed by atoms with Crippen LogP contribution in [0.25, 0.3) is 112 Å². The van der Waals surface area contributed by atoms with E-state index in [1.165, 1.54) is 44.1 Å². The molecule has 2 aromatic heterocycles. The summed E-state index contributed by atoms with van der Waals surface area (Å²) >= 11 is 0. The highest BCUT2D eigenvalue weighted by molar-refractivity contribution is 6.11. The predicted molar refractivity (Wildman–Crippen MR) is 274 cm³/mol. The summed E-state index contributed by atoms with van der Waals surface area (Å²) in [4.78, 5) is 5.38. The third kappa shape index (κ3) is 6.89. The Bertz CT molecular complexity index is 3680. The van der Waals surface area contributed by atoms with Crippen molar-refractivity contribution in [3.63, 3.8) is 0 Å². The van der Waals surface area contributed by atoms with E-state index in [0.29, 0.717) is 5.82 Å². The van der Waals surface area contributed by atoms with Gasteiger partial charge in [0.2, 0.25) is 0 Å². The Morgan fingerprint density at radius 3 is 1.32 bits per heavy atom. The highest BCUT2D eigenvalue weighted by Gasteiger charge is 2.21. The summed E-state index contributed by atoms with van der Waals surface area (Å²) in [6.45, 7) is 0. The molecule has 0 unspecified atom stereocenters. The standard InChI is InChI=1S/C62H42N4/c1-4-20-43(21-5-1)50-27-12-16-33-56(50)61-63-62(57-34-17-13-28-51(57)44-22-6-2-7-23-44)66(64-61)48-39-36-45(37-40-48)49-26-10-14-30-53(49)54-31-15-11-29-52(54)46-38-41-60-58(42-46)55-32-18-19-35-59(55)65(60)47-24-8-3-9-25-47/h1-42H. The number of hydrogen-bond donors (Lipinski definition) is 0. The first-order valence-electron chi connectivity index (χ1n) is 22.4. The number of benzene rings is 10. The van der Waals surface area contributed by atoms with Crippen LogP contribution in [0.3, 0.4) is 0 Å². The second-order valence-corrected chi connectivity index (χ2v) is 16.6. The fourth-order valence-electron chi connectivity index (χ4n) is 9.59. The fourth-order valence-corrected chi connectivity index (χ4v) is 9.59. The number of rotatable bonds is 9. The van der Waals surface area contributed by atoms with Gasteiger partial charge in [-0.25, -0.2) is 9.67 Å². The van der Waals surface area contributed by atoms with Crippen LogP contribution in [-0.4, -0.2) is 19.3 Å². The summed E-state index contributed by atoms with van der Waals surface area (Å²) in [7, 11) is 0. The van der Waals surface area contributed by atoms with Gasteiger partial charge in [-0.2, -0.15) is 0 Å². The third-order valence-corrected chi connectivity index (χ3v) is 12.7. The Kier molecular flexibility index (Phi) is 9.81. The normalized spacial score (nSPS) is 11.3. The van der Waals surface area contributed by atoms with E-state index in [4.69, 9.17) is 10.1 Å². The lowest BCUT2D eigenvalue weighted by Gasteiger charge is -2.16. The molecule has 0 aliphatic heterocycles. The molecule has 0 fully saturated rings. The maximum Gasteiger partial charge on any atom is 0.182 e. The van der Waals surface area contributed by atoms with Crippen molar-refractivity contribution in [2.45, 2.75) is 0 Å². The number of para-hydroxylation sites is 2. The lowest BCUT2D eigenvalue weighted by atomic mass is 9.89. The number of hydrogen-bond acceptors (Lipinski definition) is 2. The van der Waals surface area contributed by atoms with Crippen LogP contribution in [0.2, 0.25) is 0 Å². The van der Waals surface area contributed by atoms with Crippen LogP contribution in [0.4, 0.5) is 0 Å². The van der Waals surface area contributed by atoms with Crippen LogP contribution in [0, 0.1) is 0 Å². The van der Waals surface area contributed by atoms with E-state index < -0.39 is 0 Å². The van der Waals surface area contributed by atoms with Gasteiger partial charge < -0.3 is 4.57 Å². The molecular weight excluding hydrogens is 801 g/mol. The molecule has 12 aromatic rings. The van der Waals surface area contributed by atoms with Gasteiger partial charge in [-0.15, -0.1) is 5.10 Å². The van der Waals surface area contributed by atoms with E-state index in [1.807, 2.05) is 10.7 Å². The van der Waals surface area contributed by atoms with Crippen LogP contribution in [0.1, 0.15) is 0 Å². The van der Waals surface area contributed by atoms with Crippen molar-refractivity contribution in [1.29, 1.82) is 0 Å². The Morgan fingerprint density at radius 1 is 0.273 bits per heavy atom. The maximum atomic E-state index is 5.38. The van der Waals surface area contributed by atoms with Gasteiger partial charge in [-0.3, -0.25) is 0 Å². The van der Waals surface area contributed by atoms with Gasteiger partial charge in [-0.1, -0.05) is 212 Å². The Morgan fingerprint density at radius 2 is 0.697 bits per heavy atom. The average molecular weight is 843 g/mol. The number of aromatic nitrogens is 4. The summed E-state index contributed by atoms with van der Waals surface area (Å²) in [5.74, 6) is 1.44. The molecule has 0 atom stereocenters. The molecular formula is C62H42N4. The van der Waals surface area contributed by atoms with E-state index in [-0.39, 0.29) is 0 Å². The molecule has 66 heavy (non-hydrogen) atoms. The zero-order chi connectivity index (χ0) is 43.8. The first-order chi connectivity index (χ1) is 32.8. The minimum Gasteiger partial charge on any atom is -0.309 e. The van der Waals surface area contributed by atoms with Gasteiger partial charge >= 0.3 is 0 Å². The topological polar surface area (TPSA) is 35.6 Å². The number of nitrogens with zero attached hydrogens (tertiary/aromatic N) is 4. The van der Waals surface area contributed by atoms with Gasteiger partial charge in [-0.05, 0) is 98.1 Å². The lowest BCUT2D eigenvalue weighted by Crippen LogP contribution is -2.01. The van der Waals surface area contributed by atoms with Crippen LogP contribution in [0.5, 0.6) is 0 Å². The van der Waals surface area contributed by atoms with Gasteiger partial charge in [0.25, 0.3) is 0 Å². The molecule has 0 N–H and O–H groups in total. The molecule has 0 saturated heterocycles. The Balaban J connectivity index is 0.962. The van der Waals surface area contributed by atoms with Gasteiger partial charge in [0.1, 0.15) is 0 Å². The van der Waals surface area contributed by atoms with E-state index in [9.17, 15) is 0 Å². The molecule has 0 bridgehead atoms. The molecule has 0 aliphatic carbocycles. The quantitative estimate of drug-likeness (QED) is 0.145. The van der Waals surface area contributed by atoms with Crippen molar-refractivity contribution in [3.05, 3.63) is 255 Å². The predicted octanol–water partition coefficient (Wildman–Crippen LogP) is 16.0. The monoisotopic (exact) mass is 842 g/mol. The van der Waals surface area contributed by atoms with E-state index in [1.54, 1.807) is 0 Å². The summed E-state index contributed by atoms with van der Waals surface area (Å²) in [5, 5.41) is 7.80. The van der Waals surface area contributed by atoms with Crippen LogP contribution < -0.4 is 0 Å². The molecule has 310 valence electrons. The van der Waals surface area contributed by atoms with Crippen molar-refractivity contribution < 1.29 is 0 Å². The molecule has 2 heterocycles. The lowest BCUT2D eigenvalue weighted by molar-refractivity contribution is 0.891. The Labute approximate surface area is 384 Å². The van der Waals surface area contributed by atoms with Gasteiger partial charge in [0.15, 0.2) is 11.6 Å². The second-order valence-electron chi connectivity index (χ2n) is 16.6. The molecule has 0 amide bonds. The van der Waals surface area contributed by atoms with Crippen LogP contribution >= 0.6 is 0 Å². The van der Waals surface area contributed by atoms with Crippen molar-refractivity contribution in [2.24, 2.45) is 0 Å². The SMILES string of the molecule is c1ccc(-c2ccccc2-c2nc(-c3ccccc3-c3ccccc3)n(-c3ccc(-c4ccccc4-c4ccccc4-c4ccc5c(c4)c4ccccc4n5-c4ccccc4)cc3)n2)cc1. The molecule has 4 nitrogen and oxygen atoms in total. The van der Waals surface area contributed by atoms with Crippen molar-refractivity contribution >= 4 is 21.8 Å². The molecule has 0 saturated carbocycles. The molecule has 12 rings (SSSR count). The minimum atomic E-state index is 0.668. The van der Waals surface area contributed by atoms with E-state index >= 15 is 0 Å². The molecule has 0 radical (unpaired) electrons. The Hall–Kier alpha value is -8.86. The molecule has 10 aromatic carbocycles. The summed E-state index contributed by atoms with van der Waals surface area (Å²) in [6, 6.07) is 90.5. The fraction of sp³-hybridized carbons (Fsp3) is 0. The minimum absolute atomic E-state index is 0.668. The zero-order valence-electron chi connectivity index (χ0n) is 36.0. The van der Waals surface area contributed by atoms with Crippen LogP contribution in [0.15, 0.2) is 255 Å². The summed E-state index contributed by atoms with van der Waals surface area (Å²) in [6.07, 6.45) is 0. The van der Waals surface area contributed by atoms with E-state index in [2.05, 4.69) is 253 Å². The highest BCUT2D eigenvalue weighted by Crippen LogP contribution is 2.42. The molecule has 0 spiro atoms. The maximum absolute atomic E-state index is 5.38. The number of fused-ring (bicyclic) bond motifs is 3. The second kappa shape index (κ2) is 16.7. The first kappa shape index (κ1) is 38.8. The first-order valence-corrected chi connectivity index (χ1v) is 22.4. The summed E-state index contributed by atoms with van der Waals surface area (Å²) in [5.41, 5.74) is 17.9. The van der Waals surface area contributed by atoms with Gasteiger partial charge in [0.05, 0.1) is 16.7 Å². The largest absolute Gasteiger partial charge is 0.309 e. The third-order valence-electron chi connectivity index (χ3n) is 12.7. The smallest absolute Gasteiger partial charge is 0.182 e. The summed E-state index contributed by atoms with van der Waals surface area (Å²) < 4.78 is 4.38. The van der Waals surface area contributed by atoms with Crippen molar-refractivity contribution in [2.75, 3.05) is 0 Å². The van der Waals surface area contributed by atoms with E-state index in [0.717, 1.165) is 61.7 Å². The molecule has 0 aliphatic rings. The van der Waals surface area contributed by atoms with Crippen molar-refractivity contribution in [3.8, 4) is 89.8 Å². The van der Waals surface area contributed by atoms with Crippen molar-refractivity contribution in [1.82, 2.24) is 19.3 Å². The van der Waals surface area contributed by atoms with Gasteiger partial charge in [0, 0.05) is 27.6 Å². The average Bonchev–Trinajstić information content (AvgIpc) is 4.00. The highest BCUT2D eigenvalue weighted by atomic mass is 15.4. The van der Waals surface area contributed by atoms with Crippen LogP contribution in [-0.2, 0) is 0 Å². The zero-order valence-corrected chi connectivity index (χ0v) is 36.0.